The minimum atomic E-state index is -3.62. The van der Waals surface area contributed by atoms with Gasteiger partial charge < -0.3 is 10.3 Å². The summed E-state index contributed by atoms with van der Waals surface area (Å²) in [5.74, 6) is -0.328. The average Bonchev–Trinajstić information content (AvgIpc) is 3.02. The highest BCUT2D eigenvalue weighted by atomic mass is 32.2. The second-order valence-corrected chi connectivity index (χ2v) is 8.00. The van der Waals surface area contributed by atoms with E-state index in [4.69, 9.17) is 10.3 Å². The Labute approximate surface area is 151 Å². The van der Waals surface area contributed by atoms with Gasteiger partial charge in [0.15, 0.2) is 9.84 Å². The molecule has 0 atom stereocenters. The molecule has 134 valence electrons. The number of nitrogens with two attached hydrogens (primary N) is 1. The average molecular weight is 370 g/mol. The highest BCUT2D eigenvalue weighted by Crippen LogP contribution is 2.34. The van der Waals surface area contributed by atoms with Gasteiger partial charge >= 0.3 is 0 Å². The van der Waals surface area contributed by atoms with Crippen LogP contribution in [0.4, 0.5) is 0 Å². The maximum atomic E-state index is 12.4. The van der Waals surface area contributed by atoms with Crippen LogP contribution in [0.3, 0.4) is 0 Å². The van der Waals surface area contributed by atoms with Gasteiger partial charge in [-0.25, -0.2) is 8.42 Å². The number of nitrogens with zero attached hydrogens (tertiary/aromatic N) is 1. The Kier molecular flexibility index (Phi) is 4.90. The molecule has 0 aliphatic rings. The number of hydrogen-bond acceptors (Lipinski definition) is 5. The van der Waals surface area contributed by atoms with E-state index in [1.165, 1.54) is 6.07 Å². The van der Waals surface area contributed by atoms with Gasteiger partial charge in [0, 0.05) is 12.0 Å². The van der Waals surface area contributed by atoms with Gasteiger partial charge in [-0.1, -0.05) is 47.6 Å². The number of amides is 1. The summed E-state index contributed by atoms with van der Waals surface area (Å²) in [5.41, 5.74) is 8.01. The predicted octanol–water partition coefficient (Wildman–Crippen LogP) is 2.97. The van der Waals surface area contributed by atoms with Crippen LogP contribution in [0.2, 0.25) is 0 Å². The molecule has 0 radical (unpaired) electrons. The fourth-order valence-corrected chi connectivity index (χ4v) is 4.00. The van der Waals surface area contributed by atoms with E-state index >= 15 is 0 Å². The van der Waals surface area contributed by atoms with E-state index in [2.05, 4.69) is 5.16 Å². The topological polar surface area (TPSA) is 103 Å². The van der Waals surface area contributed by atoms with Crippen LogP contribution < -0.4 is 5.73 Å². The summed E-state index contributed by atoms with van der Waals surface area (Å²) in [7, 11) is -3.62. The zero-order valence-corrected chi connectivity index (χ0v) is 15.0. The molecule has 1 amide bonds. The highest BCUT2D eigenvalue weighted by Gasteiger charge is 2.20. The molecule has 0 bridgehead atoms. The molecule has 0 aliphatic heterocycles. The Morgan fingerprint density at radius 2 is 1.77 bits per heavy atom. The number of rotatable bonds is 6. The van der Waals surface area contributed by atoms with Crippen molar-refractivity contribution in [2.24, 2.45) is 5.73 Å². The van der Waals surface area contributed by atoms with Crippen molar-refractivity contribution in [1.82, 2.24) is 5.16 Å². The third kappa shape index (κ3) is 3.67. The zero-order valence-electron chi connectivity index (χ0n) is 14.2. The molecule has 0 unspecified atom stereocenters. The Morgan fingerprint density at radius 1 is 1.08 bits per heavy atom. The van der Waals surface area contributed by atoms with Crippen molar-refractivity contribution in [1.29, 1.82) is 0 Å². The van der Waals surface area contributed by atoms with Gasteiger partial charge in [-0.05, 0) is 24.6 Å². The Hall–Kier alpha value is -2.93. The van der Waals surface area contributed by atoms with Crippen molar-refractivity contribution >= 4 is 15.7 Å². The number of aryl methyl sites for hydroxylation is 1. The third-order valence-corrected chi connectivity index (χ3v) is 5.72. The second-order valence-electron chi connectivity index (χ2n) is 5.89. The molecule has 2 N–H and O–H groups in total. The Balaban J connectivity index is 2.04. The minimum Gasteiger partial charge on any atom is -0.370 e. The lowest BCUT2D eigenvalue weighted by atomic mass is 10.00. The Morgan fingerprint density at radius 3 is 2.46 bits per heavy atom. The number of primary amides is 1. The zero-order chi connectivity index (χ0) is 18.7. The van der Waals surface area contributed by atoms with E-state index in [0.717, 1.165) is 11.1 Å². The van der Waals surface area contributed by atoms with Gasteiger partial charge in [-0.2, -0.15) is 0 Å². The van der Waals surface area contributed by atoms with Crippen LogP contribution in [0.25, 0.3) is 22.4 Å². The SMILES string of the molecule is Cc1onc(-c2cccc(S(=O)(=O)CCC(N)=O)c2)c1-c1ccccc1. The van der Waals surface area contributed by atoms with Gasteiger partial charge in [0.1, 0.15) is 11.5 Å². The van der Waals surface area contributed by atoms with Gasteiger partial charge in [0.05, 0.1) is 16.2 Å². The molecule has 3 aromatic rings. The molecule has 0 spiro atoms. The van der Waals surface area contributed by atoms with Crippen molar-refractivity contribution in [3.63, 3.8) is 0 Å². The standard InChI is InChI=1S/C19H18N2O4S/c1-13-18(14-6-3-2-4-7-14)19(21-25-13)15-8-5-9-16(12-15)26(23,24)11-10-17(20)22/h2-9,12H,10-11H2,1H3,(H2,20,22). The summed E-state index contributed by atoms with van der Waals surface area (Å²) in [5, 5.41) is 4.12. The molecule has 0 saturated heterocycles. The van der Waals surface area contributed by atoms with E-state index in [1.54, 1.807) is 18.2 Å². The summed E-state index contributed by atoms with van der Waals surface area (Å²) in [6.45, 7) is 1.81. The fourth-order valence-electron chi connectivity index (χ4n) is 2.70. The third-order valence-electron chi connectivity index (χ3n) is 4.01. The normalized spacial score (nSPS) is 11.4. The molecule has 6 nitrogen and oxygen atoms in total. The van der Waals surface area contributed by atoms with E-state index in [1.807, 2.05) is 37.3 Å². The van der Waals surface area contributed by atoms with Crippen molar-refractivity contribution in [3.05, 3.63) is 60.4 Å². The Bertz CT molecular complexity index is 1040. The first kappa shape index (κ1) is 17.9. The summed E-state index contributed by atoms with van der Waals surface area (Å²) in [4.78, 5) is 11.0. The summed E-state index contributed by atoms with van der Waals surface area (Å²) in [6, 6.07) is 16.1. The highest BCUT2D eigenvalue weighted by molar-refractivity contribution is 7.91. The number of aromatic nitrogens is 1. The molecule has 3 rings (SSSR count). The molecule has 1 heterocycles. The molecule has 0 fully saturated rings. The van der Waals surface area contributed by atoms with Crippen LogP contribution in [0, 0.1) is 6.92 Å². The molecule has 26 heavy (non-hydrogen) atoms. The molecule has 1 aromatic heterocycles. The van der Waals surface area contributed by atoms with Crippen molar-refractivity contribution < 1.29 is 17.7 Å². The number of benzene rings is 2. The predicted molar refractivity (Wildman–Crippen MR) is 98.0 cm³/mol. The van der Waals surface area contributed by atoms with Gasteiger partial charge in [0.2, 0.25) is 5.91 Å². The lowest BCUT2D eigenvalue weighted by Crippen LogP contribution is -2.17. The van der Waals surface area contributed by atoms with E-state index < -0.39 is 15.7 Å². The van der Waals surface area contributed by atoms with Crippen molar-refractivity contribution in [3.8, 4) is 22.4 Å². The van der Waals surface area contributed by atoms with Crippen molar-refractivity contribution in [2.75, 3.05) is 5.75 Å². The van der Waals surface area contributed by atoms with Crippen LogP contribution in [0.1, 0.15) is 12.2 Å². The van der Waals surface area contributed by atoms with Crippen LogP contribution in [-0.4, -0.2) is 25.2 Å². The molecule has 0 aliphatic carbocycles. The first-order valence-corrected chi connectivity index (χ1v) is 9.67. The largest absolute Gasteiger partial charge is 0.370 e. The lowest BCUT2D eigenvalue weighted by molar-refractivity contribution is -0.117. The second kappa shape index (κ2) is 7.13. The van der Waals surface area contributed by atoms with Gasteiger partial charge in [0.25, 0.3) is 0 Å². The first-order chi connectivity index (χ1) is 12.4. The monoisotopic (exact) mass is 370 g/mol. The van der Waals surface area contributed by atoms with Crippen LogP contribution >= 0.6 is 0 Å². The summed E-state index contributed by atoms with van der Waals surface area (Å²) in [6.07, 6.45) is -0.217. The molecular weight excluding hydrogens is 352 g/mol. The van der Waals surface area contributed by atoms with E-state index in [9.17, 15) is 13.2 Å². The summed E-state index contributed by atoms with van der Waals surface area (Å²) < 4.78 is 30.2. The summed E-state index contributed by atoms with van der Waals surface area (Å²) >= 11 is 0. The van der Waals surface area contributed by atoms with E-state index in [0.29, 0.717) is 17.0 Å². The van der Waals surface area contributed by atoms with Crippen LogP contribution in [0.15, 0.2) is 64.0 Å². The number of hydrogen-bond donors (Lipinski definition) is 1. The molecule has 0 saturated carbocycles. The van der Waals surface area contributed by atoms with Crippen LogP contribution in [-0.2, 0) is 14.6 Å². The fraction of sp³-hybridized carbons (Fsp3) is 0.158. The van der Waals surface area contributed by atoms with Gasteiger partial charge in [-0.3, -0.25) is 4.79 Å². The quantitative estimate of drug-likeness (QED) is 0.718. The van der Waals surface area contributed by atoms with Crippen molar-refractivity contribution in [2.45, 2.75) is 18.2 Å². The maximum absolute atomic E-state index is 12.4. The number of carbonyl (C=O) groups excluding carboxylic acids is 1. The van der Waals surface area contributed by atoms with Gasteiger partial charge in [-0.15, -0.1) is 0 Å². The van der Waals surface area contributed by atoms with Crippen LogP contribution in [0.5, 0.6) is 0 Å². The smallest absolute Gasteiger partial charge is 0.218 e. The number of carbonyl (C=O) groups is 1. The molecule has 7 heteroatoms. The maximum Gasteiger partial charge on any atom is 0.218 e. The molecule has 2 aromatic carbocycles. The molecular formula is C19H18N2O4S. The lowest BCUT2D eigenvalue weighted by Gasteiger charge is -2.07. The number of sulfone groups is 1. The van der Waals surface area contributed by atoms with E-state index in [-0.39, 0.29) is 17.1 Å². The minimum absolute atomic E-state index is 0.121. The first-order valence-electron chi connectivity index (χ1n) is 8.01.